The first-order valence-corrected chi connectivity index (χ1v) is 5.62. The molecule has 2 rings (SSSR count). The zero-order valence-corrected chi connectivity index (χ0v) is 10.0. The first-order valence-electron chi connectivity index (χ1n) is 5.21. The van der Waals surface area contributed by atoms with Gasteiger partial charge in [-0.3, -0.25) is 0 Å². The number of nitrogens with one attached hydrogen (secondary N) is 1. The van der Waals surface area contributed by atoms with Crippen molar-refractivity contribution in [2.24, 2.45) is 5.73 Å². The van der Waals surface area contributed by atoms with Crippen LogP contribution in [0.4, 0.5) is 5.82 Å². The van der Waals surface area contributed by atoms with Crippen LogP contribution >= 0.6 is 12.2 Å². The summed E-state index contributed by atoms with van der Waals surface area (Å²) in [5.74, 6) is 0.774. The number of thiocarbonyl (C=S) groups is 1. The maximum Gasteiger partial charge on any atom is 0.126 e. The second kappa shape index (κ2) is 5.40. The molecule has 0 bridgehead atoms. The Bertz CT molecular complexity index is 494. The Morgan fingerprint density at radius 3 is 3.06 bits per heavy atom. The first kappa shape index (κ1) is 11.5. The lowest BCUT2D eigenvalue weighted by atomic mass is 10.2. The third kappa shape index (κ3) is 3.25. The molecule has 88 valence electrons. The second-order valence-electron chi connectivity index (χ2n) is 3.52. The fourth-order valence-electron chi connectivity index (χ4n) is 1.41. The Hall–Kier alpha value is -1.95. The summed E-state index contributed by atoms with van der Waals surface area (Å²) in [6, 6.07) is 3.64. The largest absolute Gasteiger partial charge is 0.389 e. The molecule has 0 aliphatic carbocycles. The molecular weight excluding hydrogens is 234 g/mol. The normalized spacial score (nSPS) is 10.1. The molecule has 0 aliphatic rings. The molecule has 0 fully saturated rings. The number of hydrogen-bond donors (Lipinski definition) is 2. The average Bonchev–Trinajstić information content (AvgIpc) is 2.82. The molecule has 2 heterocycles. The van der Waals surface area contributed by atoms with Crippen LogP contribution < -0.4 is 11.1 Å². The van der Waals surface area contributed by atoms with Gasteiger partial charge in [-0.2, -0.15) is 0 Å². The van der Waals surface area contributed by atoms with Gasteiger partial charge in [0, 0.05) is 37.2 Å². The minimum atomic E-state index is 0.380. The van der Waals surface area contributed by atoms with Gasteiger partial charge in [-0.25, -0.2) is 9.97 Å². The smallest absolute Gasteiger partial charge is 0.126 e. The maximum atomic E-state index is 5.55. The van der Waals surface area contributed by atoms with Crippen LogP contribution in [0.25, 0.3) is 0 Å². The lowest BCUT2D eigenvalue weighted by molar-refractivity contribution is 0.725. The predicted octanol–water partition coefficient (Wildman–Crippen LogP) is 1.02. The Balaban J connectivity index is 1.90. The molecule has 0 aliphatic heterocycles. The van der Waals surface area contributed by atoms with Gasteiger partial charge >= 0.3 is 0 Å². The van der Waals surface area contributed by atoms with Crippen molar-refractivity contribution in [3.63, 3.8) is 0 Å². The van der Waals surface area contributed by atoms with E-state index in [2.05, 4.69) is 15.3 Å². The van der Waals surface area contributed by atoms with Crippen molar-refractivity contribution in [1.82, 2.24) is 14.5 Å². The molecule has 0 unspecified atom stereocenters. The topological polar surface area (TPSA) is 68.8 Å². The van der Waals surface area contributed by atoms with Crippen LogP contribution in [0, 0.1) is 0 Å². The van der Waals surface area contributed by atoms with E-state index in [0.29, 0.717) is 4.99 Å². The van der Waals surface area contributed by atoms with E-state index < -0.39 is 0 Å². The highest BCUT2D eigenvalue weighted by atomic mass is 32.1. The molecule has 6 heteroatoms. The Labute approximate surface area is 105 Å². The summed E-state index contributed by atoms with van der Waals surface area (Å²) >= 11 is 4.91. The zero-order valence-electron chi connectivity index (χ0n) is 9.21. The molecule has 5 nitrogen and oxygen atoms in total. The quantitative estimate of drug-likeness (QED) is 0.772. The van der Waals surface area contributed by atoms with Crippen molar-refractivity contribution in [2.75, 3.05) is 11.9 Å². The Morgan fingerprint density at radius 1 is 1.47 bits per heavy atom. The number of nitrogens with two attached hydrogens (primary N) is 1. The summed E-state index contributed by atoms with van der Waals surface area (Å²) in [5.41, 5.74) is 6.37. The van der Waals surface area contributed by atoms with Crippen LogP contribution in [0.5, 0.6) is 0 Å². The van der Waals surface area contributed by atoms with Crippen LogP contribution in [-0.2, 0) is 6.54 Å². The number of anilines is 1. The fourth-order valence-corrected chi connectivity index (χ4v) is 1.54. The van der Waals surface area contributed by atoms with Crippen LogP contribution in [-0.4, -0.2) is 26.1 Å². The van der Waals surface area contributed by atoms with Crippen LogP contribution in [0.15, 0.2) is 37.1 Å². The monoisotopic (exact) mass is 247 g/mol. The number of rotatable bonds is 5. The zero-order chi connectivity index (χ0) is 12.1. The van der Waals surface area contributed by atoms with E-state index in [1.54, 1.807) is 24.8 Å². The SMILES string of the molecule is NC(=S)c1ccnc(NCCn2ccnc2)c1. The molecule has 0 aromatic carbocycles. The molecule has 2 aromatic heterocycles. The molecule has 0 amide bonds. The predicted molar refractivity (Wildman–Crippen MR) is 70.8 cm³/mol. The Kier molecular flexibility index (Phi) is 3.66. The summed E-state index contributed by atoms with van der Waals surface area (Å²) in [5, 5.41) is 3.20. The molecule has 0 atom stereocenters. The third-order valence-corrected chi connectivity index (χ3v) is 2.52. The van der Waals surface area contributed by atoms with Crippen LogP contribution in [0.3, 0.4) is 0 Å². The molecule has 0 saturated carbocycles. The number of aromatic nitrogens is 3. The third-order valence-electron chi connectivity index (χ3n) is 2.28. The molecule has 3 N–H and O–H groups in total. The summed E-state index contributed by atoms with van der Waals surface area (Å²) in [7, 11) is 0. The standard InChI is InChI=1S/C11H13N5S/c12-11(17)9-1-2-14-10(7-9)15-4-6-16-5-3-13-8-16/h1-3,5,7-8H,4,6H2,(H2,12,17)(H,14,15). The van der Waals surface area contributed by atoms with Gasteiger partial charge in [0.15, 0.2) is 0 Å². The summed E-state index contributed by atoms with van der Waals surface area (Å²) in [6.07, 6.45) is 7.14. The lowest BCUT2D eigenvalue weighted by Gasteiger charge is -2.07. The van der Waals surface area contributed by atoms with E-state index in [4.69, 9.17) is 18.0 Å². The number of hydrogen-bond acceptors (Lipinski definition) is 4. The molecular formula is C11H13N5S. The van der Waals surface area contributed by atoms with Gasteiger partial charge in [-0.05, 0) is 12.1 Å². The lowest BCUT2D eigenvalue weighted by Crippen LogP contribution is -2.13. The van der Waals surface area contributed by atoms with Gasteiger partial charge in [0.25, 0.3) is 0 Å². The van der Waals surface area contributed by atoms with Crippen LogP contribution in [0.1, 0.15) is 5.56 Å². The van der Waals surface area contributed by atoms with Crippen molar-refractivity contribution in [3.05, 3.63) is 42.6 Å². The highest BCUT2D eigenvalue weighted by Crippen LogP contribution is 2.06. The average molecular weight is 247 g/mol. The van der Waals surface area contributed by atoms with Gasteiger partial charge in [0.1, 0.15) is 10.8 Å². The first-order chi connectivity index (χ1) is 8.25. The second-order valence-corrected chi connectivity index (χ2v) is 3.96. The summed E-state index contributed by atoms with van der Waals surface area (Å²) in [6.45, 7) is 1.60. The van der Waals surface area contributed by atoms with Gasteiger partial charge in [0.05, 0.1) is 6.33 Å². The number of nitrogens with zero attached hydrogens (tertiary/aromatic N) is 3. The molecule has 17 heavy (non-hydrogen) atoms. The maximum absolute atomic E-state index is 5.55. The molecule has 0 saturated heterocycles. The minimum Gasteiger partial charge on any atom is -0.389 e. The summed E-state index contributed by atoms with van der Waals surface area (Å²) in [4.78, 5) is 8.54. The highest BCUT2D eigenvalue weighted by Gasteiger charge is 1.99. The van der Waals surface area contributed by atoms with E-state index in [0.717, 1.165) is 24.5 Å². The van der Waals surface area contributed by atoms with E-state index >= 15 is 0 Å². The van der Waals surface area contributed by atoms with Gasteiger partial charge < -0.3 is 15.6 Å². The summed E-state index contributed by atoms with van der Waals surface area (Å²) < 4.78 is 1.99. The van der Waals surface area contributed by atoms with Gasteiger partial charge in [-0.1, -0.05) is 12.2 Å². The van der Waals surface area contributed by atoms with Crippen molar-refractivity contribution in [1.29, 1.82) is 0 Å². The van der Waals surface area contributed by atoms with Crippen molar-refractivity contribution >= 4 is 23.0 Å². The van der Waals surface area contributed by atoms with Crippen molar-refractivity contribution < 1.29 is 0 Å². The van der Waals surface area contributed by atoms with Crippen LogP contribution in [0.2, 0.25) is 0 Å². The number of pyridine rings is 1. The van der Waals surface area contributed by atoms with Gasteiger partial charge in [-0.15, -0.1) is 0 Å². The van der Waals surface area contributed by atoms with E-state index in [9.17, 15) is 0 Å². The minimum absolute atomic E-state index is 0.380. The van der Waals surface area contributed by atoms with Crippen molar-refractivity contribution in [3.8, 4) is 0 Å². The van der Waals surface area contributed by atoms with E-state index in [1.165, 1.54) is 0 Å². The number of imidazole rings is 1. The van der Waals surface area contributed by atoms with Crippen molar-refractivity contribution in [2.45, 2.75) is 6.54 Å². The molecule has 2 aromatic rings. The van der Waals surface area contributed by atoms with E-state index in [1.807, 2.05) is 16.8 Å². The van der Waals surface area contributed by atoms with E-state index in [-0.39, 0.29) is 0 Å². The molecule has 0 spiro atoms. The highest BCUT2D eigenvalue weighted by molar-refractivity contribution is 7.80. The fraction of sp³-hybridized carbons (Fsp3) is 0.182. The molecule has 0 radical (unpaired) electrons. The van der Waals surface area contributed by atoms with Gasteiger partial charge in [0.2, 0.25) is 0 Å². The Morgan fingerprint density at radius 2 is 2.35 bits per heavy atom.